The third kappa shape index (κ3) is 4.66. The fourth-order valence-electron chi connectivity index (χ4n) is 1.53. The highest BCUT2D eigenvalue weighted by Crippen LogP contribution is 2.25. The molecule has 3 nitrogen and oxygen atoms in total. The lowest BCUT2D eigenvalue weighted by Gasteiger charge is -2.14. The Balaban J connectivity index is 2.72. The van der Waals surface area contributed by atoms with Gasteiger partial charge in [0.2, 0.25) is 0 Å². The number of benzene rings is 1. The van der Waals surface area contributed by atoms with Gasteiger partial charge in [-0.25, -0.2) is 0 Å². The molecule has 17 heavy (non-hydrogen) atoms. The maximum atomic E-state index is 12.2. The van der Waals surface area contributed by atoms with E-state index in [1.54, 1.807) is 32.0 Å². The molecule has 1 aromatic carbocycles. The van der Waals surface area contributed by atoms with Gasteiger partial charge in [0, 0.05) is 18.7 Å². The topological polar surface area (TPSA) is 41.5 Å². The Morgan fingerprint density at radius 2 is 2.12 bits per heavy atom. The summed E-state index contributed by atoms with van der Waals surface area (Å²) in [4.78, 5) is 0. The minimum absolute atomic E-state index is 0.209. The van der Waals surface area contributed by atoms with E-state index in [-0.39, 0.29) is 5.75 Å². The van der Waals surface area contributed by atoms with E-state index in [4.69, 9.17) is 5.11 Å². The number of rotatable bonds is 6. The van der Waals surface area contributed by atoms with Crippen molar-refractivity contribution in [2.24, 2.45) is 0 Å². The Bertz CT molecular complexity index is 356. The Morgan fingerprint density at radius 3 is 2.71 bits per heavy atom. The number of ether oxygens (including phenoxy) is 1. The molecule has 1 aromatic rings. The molecule has 0 aliphatic rings. The zero-order chi connectivity index (χ0) is 12.8. The Kier molecular flexibility index (Phi) is 5.31. The van der Waals surface area contributed by atoms with Crippen LogP contribution in [0, 0.1) is 6.92 Å². The Morgan fingerprint density at radius 1 is 1.41 bits per heavy atom. The first-order valence-electron chi connectivity index (χ1n) is 5.42. The predicted molar refractivity (Wildman–Crippen MR) is 61.2 cm³/mol. The van der Waals surface area contributed by atoms with Crippen LogP contribution >= 0.6 is 0 Å². The summed E-state index contributed by atoms with van der Waals surface area (Å²) in [5.74, 6) is 0.209. The summed E-state index contributed by atoms with van der Waals surface area (Å²) >= 11 is 0. The number of para-hydroxylation sites is 1. The molecule has 0 aliphatic carbocycles. The third-order valence-corrected chi connectivity index (χ3v) is 2.26. The summed E-state index contributed by atoms with van der Waals surface area (Å²) < 4.78 is 29.0. The Hall–Kier alpha value is -1.20. The van der Waals surface area contributed by atoms with Crippen molar-refractivity contribution in [2.45, 2.75) is 33.1 Å². The highest BCUT2D eigenvalue weighted by atomic mass is 19.3. The third-order valence-electron chi connectivity index (χ3n) is 2.26. The first-order valence-corrected chi connectivity index (χ1v) is 5.42. The molecule has 1 unspecified atom stereocenters. The van der Waals surface area contributed by atoms with Crippen LogP contribution in [-0.4, -0.2) is 24.4 Å². The molecule has 0 aliphatic heterocycles. The van der Waals surface area contributed by atoms with E-state index in [2.05, 4.69) is 10.1 Å². The molecular formula is C12H17F2NO2. The minimum Gasteiger partial charge on any atom is -0.434 e. The fraction of sp³-hybridized carbons (Fsp3) is 0.500. The number of aliphatic hydroxyl groups is 1. The van der Waals surface area contributed by atoms with Crippen molar-refractivity contribution in [1.82, 2.24) is 5.32 Å². The van der Waals surface area contributed by atoms with Gasteiger partial charge in [-0.3, -0.25) is 0 Å². The summed E-state index contributed by atoms with van der Waals surface area (Å²) in [5, 5.41) is 12.1. The zero-order valence-corrected chi connectivity index (χ0v) is 9.91. The number of hydrogen-bond donors (Lipinski definition) is 2. The van der Waals surface area contributed by atoms with Crippen LogP contribution in [-0.2, 0) is 6.54 Å². The number of halogens is 2. The quantitative estimate of drug-likeness (QED) is 0.806. The minimum atomic E-state index is -2.83. The molecular weight excluding hydrogens is 228 g/mol. The van der Waals surface area contributed by atoms with Crippen LogP contribution in [0.2, 0.25) is 0 Å². The molecule has 0 heterocycles. The largest absolute Gasteiger partial charge is 0.434 e. The normalized spacial score (nSPS) is 12.8. The molecule has 0 aromatic heterocycles. The van der Waals surface area contributed by atoms with Gasteiger partial charge >= 0.3 is 6.61 Å². The molecule has 0 saturated carbocycles. The van der Waals surface area contributed by atoms with Crippen LogP contribution in [0.25, 0.3) is 0 Å². The van der Waals surface area contributed by atoms with Crippen molar-refractivity contribution < 1.29 is 18.6 Å². The number of aliphatic hydroxyl groups excluding tert-OH is 1. The second-order valence-corrected chi connectivity index (χ2v) is 3.92. The van der Waals surface area contributed by atoms with E-state index in [1.165, 1.54) is 0 Å². The average molecular weight is 245 g/mol. The van der Waals surface area contributed by atoms with Gasteiger partial charge in [-0.15, -0.1) is 0 Å². The van der Waals surface area contributed by atoms with Gasteiger partial charge in [0.05, 0.1) is 6.10 Å². The molecule has 0 spiro atoms. The summed E-state index contributed by atoms with van der Waals surface area (Å²) in [7, 11) is 0. The maximum absolute atomic E-state index is 12.2. The maximum Gasteiger partial charge on any atom is 0.387 e. The van der Waals surface area contributed by atoms with E-state index >= 15 is 0 Å². The van der Waals surface area contributed by atoms with Gasteiger partial charge in [-0.2, -0.15) is 8.78 Å². The van der Waals surface area contributed by atoms with Gasteiger partial charge in [-0.05, 0) is 19.4 Å². The molecule has 96 valence electrons. The average Bonchev–Trinajstić information content (AvgIpc) is 2.22. The van der Waals surface area contributed by atoms with Gasteiger partial charge in [0.25, 0.3) is 0 Å². The molecule has 0 bridgehead atoms. The van der Waals surface area contributed by atoms with Crippen molar-refractivity contribution in [1.29, 1.82) is 0 Å². The van der Waals surface area contributed by atoms with Crippen molar-refractivity contribution in [3.63, 3.8) is 0 Å². The molecule has 0 saturated heterocycles. The van der Waals surface area contributed by atoms with Crippen LogP contribution in [0.3, 0.4) is 0 Å². The second-order valence-electron chi connectivity index (χ2n) is 3.92. The summed E-state index contributed by atoms with van der Waals surface area (Å²) in [6, 6.07) is 5.22. The molecule has 2 N–H and O–H groups in total. The van der Waals surface area contributed by atoms with Crippen LogP contribution < -0.4 is 10.1 Å². The van der Waals surface area contributed by atoms with Gasteiger partial charge in [0.1, 0.15) is 5.75 Å². The molecule has 5 heteroatoms. The van der Waals surface area contributed by atoms with Crippen molar-refractivity contribution in [3.05, 3.63) is 29.3 Å². The highest BCUT2D eigenvalue weighted by Gasteiger charge is 2.11. The van der Waals surface area contributed by atoms with Gasteiger partial charge in [0.15, 0.2) is 0 Å². The standard InChI is InChI=1S/C12H17F2NO2/c1-8-4-3-5-10(7-15-6-9(2)16)11(8)17-12(13)14/h3-5,9,12,15-16H,6-7H2,1-2H3. The summed E-state index contributed by atoms with van der Waals surface area (Å²) in [6.45, 7) is 1.33. The molecule has 0 fully saturated rings. The van der Waals surface area contributed by atoms with Crippen LogP contribution in [0.15, 0.2) is 18.2 Å². The molecule has 0 radical (unpaired) electrons. The van der Waals surface area contributed by atoms with Crippen LogP contribution in [0.5, 0.6) is 5.75 Å². The lowest BCUT2D eigenvalue weighted by Crippen LogP contribution is -2.24. The monoisotopic (exact) mass is 245 g/mol. The fourth-order valence-corrected chi connectivity index (χ4v) is 1.53. The molecule has 1 rings (SSSR count). The van der Waals surface area contributed by atoms with Gasteiger partial charge in [-0.1, -0.05) is 18.2 Å². The van der Waals surface area contributed by atoms with Crippen LogP contribution in [0.4, 0.5) is 8.78 Å². The van der Waals surface area contributed by atoms with Crippen molar-refractivity contribution in [3.8, 4) is 5.75 Å². The zero-order valence-electron chi connectivity index (χ0n) is 9.91. The van der Waals surface area contributed by atoms with Gasteiger partial charge < -0.3 is 15.2 Å². The molecule has 1 atom stereocenters. The highest BCUT2D eigenvalue weighted by molar-refractivity contribution is 5.40. The van der Waals surface area contributed by atoms with Crippen molar-refractivity contribution >= 4 is 0 Å². The summed E-state index contributed by atoms with van der Waals surface area (Å²) in [6.07, 6.45) is -0.473. The van der Waals surface area contributed by atoms with E-state index in [0.717, 1.165) is 0 Å². The van der Waals surface area contributed by atoms with E-state index in [9.17, 15) is 8.78 Å². The lowest BCUT2D eigenvalue weighted by atomic mass is 10.1. The Labute approximate surface area is 99.4 Å². The van der Waals surface area contributed by atoms with Crippen molar-refractivity contribution in [2.75, 3.05) is 6.54 Å². The second kappa shape index (κ2) is 6.51. The van der Waals surface area contributed by atoms with E-state index in [0.29, 0.717) is 24.2 Å². The summed E-state index contributed by atoms with van der Waals surface area (Å²) in [5.41, 5.74) is 1.33. The molecule has 0 amide bonds. The first-order chi connectivity index (χ1) is 8.00. The number of hydrogen-bond acceptors (Lipinski definition) is 3. The smallest absolute Gasteiger partial charge is 0.387 e. The van der Waals surface area contributed by atoms with E-state index in [1.807, 2.05) is 0 Å². The van der Waals surface area contributed by atoms with Crippen LogP contribution in [0.1, 0.15) is 18.1 Å². The van der Waals surface area contributed by atoms with E-state index < -0.39 is 12.7 Å². The predicted octanol–water partition coefficient (Wildman–Crippen LogP) is 2.07. The number of aryl methyl sites for hydroxylation is 1. The lowest BCUT2D eigenvalue weighted by molar-refractivity contribution is -0.0509. The SMILES string of the molecule is Cc1cccc(CNCC(C)O)c1OC(F)F. The number of alkyl halides is 2. The number of nitrogens with one attached hydrogen (secondary N) is 1. The first kappa shape index (κ1) is 13.9.